The Labute approximate surface area is 126 Å². The van der Waals surface area contributed by atoms with Crippen molar-refractivity contribution in [3.63, 3.8) is 0 Å². The van der Waals surface area contributed by atoms with Gasteiger partial charge in [-0.2, -0.15) is 0 Å². The Hall–Kier alpha value is -1.55. The highest BCUT2D eigenvalue weighted by atomic mass is 79.9. The molecule has 2 rings (SSSR count). The average molecular weight is 339 g/mol. The molecule has 2 aromatic rings. The SMILES string of the molecule is COc1ccc(C(Br)c2ccc(F)c(OC)c2)c(C)c1. The highest BCUT2D eigenvalue weighted by Crippen LogP contribution is 2.36. The van der Waals surface area contributed by atoms with E-state index in [0.29, 0.717) is 0 Å². The molecule has 0 amide bonds. The summed E-state index contributed by atoms with van der Waals surface area (Å²) in [5, 5.41) is 0. The average Bonchev–Trinajstić information content (AvgIpc) is 2.47. The van der Waals surface area contributed by atoms with Crippen molar-refractivity contribution in [1.82, 2.24) is 0 Å². The molecule has 0 bridgehead atoms. The molecule has 0 heterocycles. The number of ether oxygens (including phenoxy) is 2. The van der Waals surface area contributed by atoms with E-state index in [9.17, 15) is 4.39 Å². The minimum atomic E-state index is -0.359. The molecule has 0 spiro atoms. The largest absolute Gasteiger partial charge is 0.497 e. The zero-order valence-corrected chi connectivity index (χ0v) is 13.2. The Morgan fingerprint density at radius 1 is 1.05 bits per heavy atom. The van der Waals surface area contributed by atoms with E-state index in [1.165, 1.54) is 13.2 Å². The maximum atomic E-state index is 13.5. The van der Waals surface area contributed by atoms with Crippen molar-refractivity contribution in [2.45, 2.75) is 11.8 Å². The minimum absolute atomic E-state index is 0.0251. The number of alkyl halides is 1. The number of hydrogen-bond acceptors (Lipinski definition) is 2. The van der Waals surface area contributed by atoms with Crippen molar-refractivity contribution >= 4 is 15.9 Å². The van der Waals surface area contributed by atoms with Gasteiger partial charge < -0.3 is 9.47 Å². The zero-order valence-electron chi connectivity index (χ0n) is 11.6. The number of methoxy groups -OCH3 is 2. The summed E-state index contributed by atoms with van der Waals surface area (Å²) in [6, 6.07) is 10.8. The van der Waals surface area contributed by atoms with E-state index in [1.807, 2.05) is 25.1 Å². The van der Waals surface area contributed by atoms with Gasteiger partial charge in [0.25, 0.3) is 0 Å². The molecule has 0 aromatic heterocycles. The Kier molecular flexibility index (Phi) is 4.65. The van der Waals surface area contributed by atoms with E-state index in [1.54, 1.807) is 19.2 Å². The zero-order chi connectivity index (χ0) is 14.7. The van der Waals surface area contributed by atoms with Gasteiger partial charge in [0.05, 0.1) is 19.0 Å². The van der Waals surface area contributed by atoms with Gasteiger partial charge in [-0.25, -0.2) is 4.39 Å². The van der Waals surface area contributed by atoms with Gasteiger partial charge in [-0.15, -0.1) is 0 Å². The predicted octanol–water partition coefficient (Wildman–Crippen LogP) is 4.64. The molecule has 0 saturated heterocycles. The van der Waals surface area contributed by atoms with Crippen molar-refractivity contribution in [3.8, 4) is 11.5 Å². The fraction of sp³-hybridized carbons (Fsp3) is 0.250. The van der Waals surface area contributed by atoms with Crippen LogP contribution in [0, 0.1) is 12.7 Å². The van der Waals surface area contributed by atoms with Crippen LogP contribution in [-0.2, 0) is 0 Å². The molecular formula is C16H16BrFO2. The lowest BCUT2D eigenvalue weighted by atomic mass is 10.00. The van der Waals surface area contributed by atoms with Gasteiger partial charge >= 0.3 is 0 Å². The molecule has 0 radical (unpaired) electrons. The van der Waals surface area contributed by atoms with Crippen LogP contribution in [0.3, 0.4) is 0 Å². The lowest BCUT2D eigenvalue weighted by Crippen LogP contribution is -1.98. The monoisotopic (exact) mass is 338 g/mol. The number of aryl methyl sites for hydroxylation is 1. The van der Waals surface area contributed by atoms with Gasteiger partial charge in [0, 0.05) is 0 Å². The number of benzene rings is 2. The third-order valence-electron chi connectivity index (χ3n) is 3.22. The fourth-order valence-corrected chi connectivity index (χ4v) is 2.87. The molecule has 4 heteroatoms. The molecule has 0 aliphatic heterocycles. The van der Waals surface area contributed by atoms with Crippen LogP contribution in [0.2, 0.25) is 0 Å². The summed E-state index contributed by atoms with van der Waals surface area (Å²) in [4.78, 5) is -0.0251. The van der Waals surface area contributed by atoms with Crippen molar-refractivity contribution in [2.75, 3.05) is 14.2 Å². The molecule has 2 nitrogen and oxygen atoms in total. The van der Waals surface area contributed by atoms with Gasteiger partial charge in [0.15, 0.2) is 11.6 Å². The summed E-state index contributed by atoms with van der Waals surface area (Å²) >= 11 is 3.66. The van der Waals surface area contributed by atoms with E-state index >= 15 is 0 Å². The van der Waals surface area contributed by atoms with Gasteiger partial charge in [-0.1, -0.05) is 28.1 Å². The Bertz CT molecular complexity index is 613. The van der Waals surface area contributed by atoms with Crippen LogP contribution in [0.5, 0.6) is 11.5 Å². The van der Waals surface area contributed by atoms with E-state index in [2.05, 4.69) is 15.9 Å². The van der Waals surface area contributed by atoms with Crippen LogP contribution in [0.4, 0.5) is 4.39 Å². The quantitative estimate of drug-likeness (QED) is 0.756. The maximum absolute atomic E-state index is 13.5. The topological polar surface area (TPSA) is 18.5 Å². The highest BCUT2D eigenvalue weighted by molar-refractivity contribution is 9.09. The molecule has 0 aliphatic rings. The molecule has 0 fully saturated rings. The molecule has 106 valence electrons. The first-order valence-electron chi connectivity index (χ1n) is 6.19. The van der Waals surface area contributed by atoms with E-state index in [-0.39, 0.29) is 16.4 Å². The Morgan fingerprint density at radius 3 is 2.40 bits per heavy atom. The summed E-state index contributed by atoms with van der Waals surface area (Å²) in [5.41, 5.74) is 3.16. The van der Waals surface area contributed by atoms with E-state index in [4.69, 9.17) is 9.47 Å². The molecule has 2 aromatic carbocycles. The second-order valence-electron chi connectivity index (χ2n) is 4.48. The third kappa shape index (κ3) is 2.96. The molecular weight excluding hydrogens is 323 g/mol. The second kappa shape index (κ2) is 6.27. The van der Waals surface area contributed by atoms with Crippen LogP contribution < -0.4 is 9.47 Å². The first kappa shape index (κ1) is 14.9. The summed E-state index contributed by atoms with van der Waals surface area (Å²) in [5.74, 6) is 0.711. The summed E-state index contributed by atoms with van der Waals surface area (Å²) < 4.78 is 23.7. The smallest absolute Gasteiger partial charge is 0.165 e. The lowest BCUT2D eigenvalue weighted by Gasteiger charge is -2.15. The van der Waals surface area contributed by atoms with Crippen LogP contribution in [0.15, 0.2) is 36.4 Å². The standard InChI is InChI=1S/C16H16BrFO2/c1-10-8-12(19-2)5-6-13(10)16(17)11-4-7-14(18)15(9-11)20-3/h4-9,16H,1-3H3. The molecule has 1 unspecified atom stereocenters. The normalized spacial score (nSPS) is 12.1. The van der Waals surface area contributed by atoms with Crippen LogP contribution in [-0.4, -0.2) is 14.2 Å². The first-order valence-corrected chi connectivity index (χ1v) is 7.10. The number of hydrogen-bond donors (Lipinski definition) is 0. The van der Waals surface area contributed by atoms with E-state index < -0.39 is 0 Å². The van der Waals surface area contributed by atoms with Gasteiger partial charge in [-0.05, 0) is 47.9 Å². The maximum Gasteiger partial charge on any atom is 0.165 e. The second-order valence-corrected chi connectivity index (χ2v) is 5.39. The van der Waals surface area contributed by atoms with Crippen molar-refractivity contribution in [3.05, 3.63) is 58.9 Å². The minimum Gasteiger partial charge on any atom is -0.497 e. The summed E-state index contributed by atoms with van der Waals surface area (Å²) in [7, 11) is 3.11. The number of rotatable bonds is 4. The van der Waals surface area contributed by atoms with Gasteiger partial charge in [-0.3, -0.25) is 0 Å². The first-order chi connectivity index (χ1) is 9.56. The third-order valence-corrected chi connectivity index (χ3v) is 4.24. The van der Waals surface area contributed by atoms with Crippen molar-refractivity contribution < 1.29 is 13.9 Å². The van der Waals surface area contributed by atoms with E-state index in [0.717, 1.165) is 22.4 Å². The van der Waals surface area contributed by atoms with Crippen LogP contribution >= 0.6 is 15.9 Å². The molecule has 0 aliphatic carbocycles. The Morgan fingerprint density at radius 2 is 1.80 bits per heavy atom. The molecule has 1 atom stereocenters. The Balaban J connectivity index is 2.38. The van der Waals surface area contributed by atoms with Crippen molar-refractivity contribution in [2.24, 2.45) is 0 Å². The molecule has 0 N–H and O–H groups in total. The number of halogens is 2. The summed E-state index contributed by atoms with van der Waals surface area (Å²) in [6.45, 7) is 2.02. The molecule has 20 heavy (non-hydrogen) atoms. The van der Waals surface area contributed by atoms with Gasteiger partial charge in [0.1, 0.15) is 5.75 Å². The van der Waals surface area contributed by atoms with Gasteiger partial charge in [0.2, 0.25) is 0 Å². The summed E-state index contributed by atoms with van der Waals surface area (Å²) in [6.07, 6.45) is 0. The van der Waals surface area contributed by atoms with Crippen LogP contribution in [0.25, 0.3) is 0 Å². The lowest BCUT2D eigenvalue weighted by molar-refractivity contribution is 0.386. The fourth-order valence-electron chi connectivity index (χ4n) is 2.07. The predicted molar refractivity (Wildman–Crippen MR) is 81.5 cm³/mol. The van der Waals surface area contributed by atoms with Crippen LogP contribution in [0.1, 0.15) is 21.5 Å². The van der Waals surface area contributed by atoms with Crippen molar-refractivity contribution in [1.29, 1.82) is 0 Å². The highest BCUT2D eigenvalue weighted by Gasteiger charge is 2.15. The molecule has 0 saturated carbocycles.